The van der Waals surface area contributed by atoms with Crippen LogP contribution in [0.1, 0.15) is 33.4 Å². The number of carbonyl (C=O) groups is 2. The van der Waals surface area contributed by atoms with Crippen LogP contribution in [0.5, 0.6) is 0 Å². The maximum atomic E-state index is 12.5. The van der Waals surface area contributed by atoms with Crippen molar-refractivity contribution in [3.8, 4) is 0 Å². The lowest BCUT2D eigenvalue weighted by Gasteiger charge is -2.22. The van der Waals surface area contributed by atoms with Gasteiger partial charge in [0, 0.05) is 29.7 Å². The number of nitrogens with one attached hydrogen (secondary N) is 2. The molecular formula is C18H22N4O4S2. The predicted octanol–water partition coefficient (Wildman–Crippen LogP) is 2.04. The lowest BCUT2D eigenvalue weighted by molar-refractivity contribution is -0.113. The van der Waals surface area contributed by atoms with Gasteiger partial charge in [-0.3, -0.25) is 9.59 Å². The molecule has 0 aliphatic carbocycles. The van der Waals surface area contributed by atoms with Crippen LogP contribution in [0.25, 0.3) is 0 Å². The zero-order valence-electron chi connectivity index (χ0n) is 16.0. The first-order valence-electron chi connectivity index (χ1n) is 8.88. The molecule has 10 heteroatoms. The molecule has 2 aromatic heterocycles. The van der Waals surface area contributed by atoms with Gasteiger partial charge in [0.2, 0.25) is 5.91 Å². The number of fused-ring (bicyclic) bond motifs is 1. The predicted molar refractivity (Wildman–Crippen MR) is 109 cm³/mol. The number of esters is 1. The fourth-order valence-electron chi connectivity index (χ4n) is 2.96. The van der Waals surface area contributed by atoms with Gasteiger partial charge in [-0.1, -0.05) is 11.8 Å². The summed E-state index contributed by atoms with van der Waals surface area (Å²) in [7, 11) is 2.03. The summed E-state index contributed by atoms with van der Waals surface area (Å²) in [4.78, 5) is 46.5. The summed E-state index contributed by atoms with van der Waals surface area (Å²) < 4.78 is 5.20. The van der Waals surface area contributed by atoms with E-state index in [0.717, 1.165) is 41.7 Å². The van der Waals surface area contributed by atoms with Crippen LogP contribution in [0.15, 0.2) is 16.0 Å². The first-order valence-corrected chi connectivity index (χ1v) is 10.7. The Morgan fingerprint density at radius 3 is 2.96 bits per heavy atom. The highest BCUT2D eigenvalue weighted by molar-refractivity contribution is 7.99. The molecule has 0 spiro atoms. The molecule has 0 saturated heterocycles. The number of ether oxygens (including phenoxy) is 1. The molecule has 1 aliphatic heterocycles. The highest BCUT2D eigenvalue weighted by Gasteiger charge is 2.28. The van der Waals surface area contributed by atoms with Crippen molar-refractivity contribution in [2.75, 3.05) is 31.3 Å². The molecule has 1 amide bonds. The lowest BCUT2D eigenvalue weighted by atomic mass is 10.0. The number of likely N-dealkylation sites (N-methyl/N-ethyl adjacent to an activating group) is 1. The molecule has 0 radical (unpaired) electrons. The Labute approximate surface area is 170 Å². The summed E-state index contributed by atoms with van der Waals surface area (Å²) in [6.07, 6.45) is 0.746. The van der Waals surface area contributed by atoms with Gasteiger partial charge in [0.1, 0.15) is 5.00 Å². The van der Waals surface area contributed by atoms with E-state index in [4.69, 9.17) is 4.74 Å². The average Bonchev–Trinajstić information content (AvgIpc) is 2.96. The van der Waals surface area contributed by atoms with E-state index < -0.39 is 5.97 Å². The molecule has 0 bridgehead atoms. The molecule has 2 N–H and O–H groups in total. The van der Waals surface area contributed by atoms with E-state index in [1.165, 1.54) is 17.4 Å². The van der Waals surface area contributed by atoms with Crippen molar-refractivity contribution in [2.45, 2.75) is 32.0 Å². The molecule has 0 unspecified atom stereocenters. The molecule has 0 aromatic carbocycles. The number of aromatic nitrogens is 2. The van der Waals surface area contributed by atoms with Crippen LogP contribution < -0.4 is 10.9 Å². The van der Waals surface area contributed by atoms with E-state index >= 15 is 0 Å². The van der Waals surface area contributed by atoms with E-state index in [1.54, 1.807) is 13.8 Å². The van der Waals surface area contributed by atoms with Crippen molar-refractivity contribution in [3.63, 3.8) is 0 Å². The highest BCUT2D eigenvalue weighted by Crippen LogP contribution is 2.37. The number of thioether (sulfide) groups is 1. The normalized spacial score (nSPS) is 13.8. The van der Waals surface area contributed by atoms with Crippen LogP contribution in [0.4, 0.5) is 5.00 Å². The van der Waals surface area contributed by atoms with Gasteiger partial charge in [-0.25, -0.2) is 9.78 Å². The number of amides is 1. The Morgan fingerprint density at radius 1 is 1.46 bits per heavy atom. The number of carbonyl (C=O) groups excluding carboxylic acids is 2. The van der Waals surface area contributed by atoms with Crippen molar-refractivity contribution in [3.05, 3.63) is 38.1 Å². The number of hydrogen-bond acceptors (Lipinski definition) is 8. The number of rotatable bonds is 6. The Kier molecular flexibility index (Phi) is 6.53. The van der Waals surface area contributed by atoms with Gasteiger partial charge in [-0.05, 0) is 32.9 Å². The molecule has 3 rings (SSSR count). The summed E-state index contributed by atoms with van der Waals surface area (Å²) >= 11 is 2.56. The standard InChI is InChI=1S/C18H22N4O4S2/c1-4-26-17(25)15-11-5-6-22(3)8-12(11)28-16(15)20-14(24)9-27-18-19-10(2)7-13(23)21-18/h7H,4-6,8-9H2,1-3H3,(H,20,24)(H,19,21,23). The van der Waals surface area contributed by atoms with Crippen molar-refractivity contribution in [1.82, 2.24) is 14.9 Å². The van der Waals surface area contributed by atoms with Crippen molar-refractivity contribution in [2.24, 2.45) is 0 Å². The van der Waals surface area contributed by atoms with Crippen LogP contribution >= 0.6 is 23.1 Å². The number of H-pyrrole nitrogens is 1. The van der Waals surface area contributed by atoms with Gasteiger partial charge in [-0.15, -0.1) is 11.3 Å². The minimum Gasteiger partial charge on any atom is -0.462 e. The number of hydrogen-bond donors (Lipinski definition) is 2. The number of aromatic amines is 1. The largest absolute Gasteiger partial charge is 0.462 e. The minimum atomic E-state index is -0.405. The Bertz CT molecular complexity index is 954. The molecule has 0 fully saturated rings. The molecular weight excluding hydrogens is 400 g/mol. The maximum Gasteiger partial charge on any atom is 0.341 e. The Morgan fingerprint density at radius 2 is 2.25 bits per heavy atom. The molecule has 150 valence electrons. The fourth-order valence-corrected chi connectivity index (χ4v) is 5.01. The highest BCUT2D eigenvalue weighted by atomic mass is 32.2. The van der Waals surface area contributed by atoms with Gasteiger partial charge >= 0.3 is 5.97 Å². The quantitative estimate of drug-likeness (QED) is 0.417. The fraction of sp³-hybridized carbons (Fsp3) is 0.444. The number of aryl methyl sites for hydroxylation is 1. The SMILES string of the molecule is CCOC(=O)c1c(NC(=O)CSc2nc(C)cc(=O)[nH]2)sc2c1CCN(C)C2. The van der Waals surface area contributed by atoms with Crippen molar-refractivity contribution < 1.29 is 14.3 Å². The smallest absolute Gasteiger partial charge is 0.341 e. The van der Waals surface area contributed by atoms with Gasteiger partial charge in [0.05, 0.1) is 17.9 Å². The molecule has 2 aromatic rings. The summed E-state index contributed by atoms with van der Waals surface area (Å²) in [5, 5.41) is 3.75. The topological polar surface area (TPSA) is 104 Å². The number of nitrogens with zero attached hydrogens (tertiary/aromatic N) is 2. The zero-order chi connectivity index (χ0) is 20.3. The second-order valence-electron chi connectivity index (χ2n) is 6.44. The molecule has 8 nitrogen and oxygen atoms in total. The summed E-state index contributed by atoms with van der Waals surface area (Å²) in [5.41, 5.74) is 1.77. The Hall–Kier alpha value is -2.17. The molecule has 0 saturated carbocycles. The molecule has 3 heterocycles. The van der Waals surface area contributed by atoms with Crippen LogP contribution in [-0.2, 0) is 22.5 Å². The third-order valence-corrected chi connectivity index (χ3v) is 6.17. The van der Waals surface area contributed by atoms with Gasteiger partial charge in [0.15, 0.2) is 5.16 Å². The second kappa shape index (κ2) is 8.89. The Balaban J connectivity index is 1.76. The third kappa shape index (κ3) is 4.81. The summed E-state index contributed by atoms with van der Waals surface area (Å²) in [5.74, 6) is -0.610. The first-order chi connectivity index (χ1) is 13.4. The monoisotopic (exact) mass is 422 g/mol. The van der Waals surface area contributed by atoms with E-state index in [2.05, 4.69) is 20.2 Å². The van der Waals surface area contributed by atoms with E-state index in [1.807, 2.05) is 7.05 Å². The van der Waals surface area contributed by atoms with Crippen LogP contribution in [-0.4, -0.2) is 52.7 Å². The van der Waals surface area contributed by atoms with E-state index in [-0.39, 0.29) is 23.8 Å². The summed E-state index contributed by atoms with van der Waals surface area (Å²) in [6, 6.07) is 1.39. The minimum absolute atomic E-state index is 0.0666. The van der Waals surface area contributed by atoms with Gasteiger partial charge in [0.25, 0.3) is 5.56 Å². The van der Waals surface area contributed by atoms with Crippen LogP contribution in [0, 0.1) is 6.92 Å². The summed E-state index contributed by atoms with van der Waals surface area (Å²) in [6.45, 7) is 5.35. The maximum absolute atomic E-state index is 12.5. The molecule has 1 aliphatic rings. The molecule has 28 heavy (non-hydrogen) atoms. The zero-order valence-corrected chi connectivity index (χ0v) is 17.6. The third-order valence-electron chi connectivity index (χ3n) is 4.17. The van der Waals surface area contributed by atoms with Crippen LogP contribution in [0.2, 0.25) is 0 Å². The lowest BCUT2D eigenvalue weighted by Crippen LogP contribution is -2.26. The van der Waals surface area contributed by atoms with Gasteiger partial charge in [-0.2, -0.15) is 0 Å². The van der Waals surface area contributed by atoms with E-state index in [9.17, 15) is 14.4 Å². The van der Waals surface area contributed by atoms with Gasteiger partial charge < -0.3 is 19.9 Å². The van der Waals surface area contributed by atoms with Crippen molar-refractivity contribution >= 4 is 40.0 Å². The molecule has 0 atom stereocenters. The van der Waals surface area contributed by atoms with Crippen molar-refractivity contribution in [1.29, 1.82) is 0 Å². The average molecular weight is 423 g/mol. The second-order valence-corrected chi connectivity index (χ2v) is 8.51. The van der Waals surface area contributed by atoms with E-state index in [0.29, 0.717) is 21.4 Å². The first kappa shape index (κ1) is 20.6. The van der Waals surface area contributed by atoms with Crippen LogP contribution in [0.3, 0.4) is 0 Å². The number of anilines is 1. The number of thiophene rings is 1.